The molecular formula is C88H103N21O13. The molecule has 16 rings (SSSR count). The van der Waals surface area contributed by atoms with Crippen LogP contribution in [0.3, 0.4) is 0 Å². The first-order valence-corrected chi connectivity index (χ1v) is 40.7. The predicted molar refractivity (Wildman–Crippen MR) is 449 cm³/mol. The number of ether oxygens (including phenoxy) is 2. The van der Waals surface area contributed by atoms with Crippen molar-refractivity contribution in [3.63, 3.8) is 0 Å². The summed E-state index contributed by atoms with van der Waals surface area (Å²) in [5.41, 5.74) is 2.60. The quantitative estimate of drug-likeness (QED) is 0.0588. The topological polar surface area (TPSA) is 440 Å². The molecule has 34 heteroatoms. The molecule has 122 heavy (non-hydrogen) atoms. The van der Waals surface area contributed by atoms with E-state index in [1.54, 1.807) is 143 Å². The Kier molecular flexibility index (Phi) is 26.9. The number of likely N-dealkylation sites (N-methyl/N-ethyl adjacent to an activating group) is 2. The molecule has 0 radical (unpaired) electrons. The van der Waals surface area contributed by atoms with Crippen molar-refractivity contribution < 1.29 is 62.5 Å². The Bertz CT molecular complexity index is 5450. The van der Waals surface area contributed by atoms with Crippen molar-refractivity contribution in [2.75, 3.05) is 27.2 Å². The highest BCUT2D eigenvalue weighted by Crippen LogP contribution is 2.35. The number of hydrogen-bond donors (Lipinski definition) is 11. The van der Waals surface area contributed by atoms with Crippen molar-refractivity contribution >= 4 is 80.7 Å². The number of benzene rings is 7. The summed E-state index contributed by atoms with van der Waals surface area (Å²) in [5.74, 6) is -5.89. The monoisotopic (exact) mass is 1660 g/mol. The Morgan fingerprint density at radius 3 is 1.40 bits per heavy atom. The van der Waals surface area contributed by atoms with Gasteiger partial charge in [0.2, 0.25) is 53.2 Å². The fourth-order valence-electron chi connectivity index (χ4n) is 15.3. The van der Waals surface area contributed by atoms with Crippen LogP contribution in [0.1, 0.15) is 120 Å². The van der Waals surface area contributed by atoms with E-state index in [1.165, 1.54) is 19.2 Å². The molecule has 12 bridgehead atoms. The number of H-pyrrole nitrogens is 1. The average Bonchev–Trinajstić information content (AvgIpc) is 1.63. The molecule has 11 N–H and O–H groups in total. The maximum atomic E-state index is 15.7. The standard InChI is InChI=1S/C88H103N21O13/c1-50(89-9)77(110)96-74(87(3,4)5)84(117)106-46-64-41-72(106)82(115)93-69(39-54-22-28-57-17-11-13-19-59(57)34-54)80(113)92-68(79(112)91-43-56-16-15-21-61(36-56)76-100-102-103-101-76)37-52-24-30-66(31-25-52)121-48-62-44-109(104-98-62)65-42-73(107(47-65)85(118)75(88(6,7)8)97-78(111)51(2)90-10)83(116)94-70(40-55-23-29-58-18-12-14-20-60(58)35-55)81(114)95-71(86(119)120)38-53-26-32-67(33-27-53)122-49-63-45-108(64)105-99-63/h11-36,44-45,50-51,64-65,68-75,89-90H,37-43,46-49H2,1-10H3,(H,91,112)(H,92,113)(H,93,115)(H,94,116)(H,95,114)(H,96,110)(H,97,111)(H,119,120)(H,100,101,102,103)/t50-,51-,64-,65-,68-,69-,70-,71-,72-,73-,74+,75+/m0/s1. The van der Waals surface area contributed by atoms with Gasteiger partial charge in [0.25, 0.3) is 0 Å². The molecule has 638 valence electrons. The van der Waals surface area contributed by atoms with E-state index in [2.05, 4.69) is 89.1 Å². The average molecular weight is 1660 g/mol. The number of carbonyl (C=O) groups excluding carboxylic acids is 9. The predicted octanol–water partition coefficient (Wildman–Crippen LogP) is 4.70. The summed E-state index contributed by atoms with van der Waals surface area (Å²) >= 11 is 0. The Morgan fingerprint density at radius 1 is 0.516 bits per heavy atom. The molecule has 9 heterocycles. The molecule has 3 aromatic heterocycles. The number of aromatic nitrogens is 10. The Labute approximate surface area is 704 Å². The number of hydrogen-bond acceptors (Lipinski definition) is 21. The van der Waals surface area contributed by atoms with Crippen LogP contribution in [0.25, 0.3) is 32.9 Å². The van der Waals surface area contributed by atoms with Crippen LogP contribution in [-0.2, 0) is 93.4 Å². The van der Waals surface area contributed by atoms with E-state index in [4.69, 9.17) is 9.47 Å². The summed E-state index contributed by atoms with van der Waals surface area (Å²) < 4.78 is 15.6. The maximum Gasteiger partial charge on any atom is 0.326 e. The number of aliphatic carboxylic acids is 1. The Morgan fingerprint density at radius 2 is 0.967 bits per heavy atom. The van der Waals surface area contributed by atoms with Crippen LogP contribution in [0.15, 0.2) is 170 Å². The Balaban J connectivity index is 0.847. The summed E-state index contributed by atoms with van der Waals surface area (Å²) in [6.07, 6.45) is 2.70. The number of carboxylic acid groups (broad SMARTS) is 1. The van der Waals surface area contributed by atoms with E-state index >= 15 is 33.6 Å². The SMILES string of the molecule is CN[C@@H](C)C(=O)N[C@H](C(=O)N1C[C@@H]2C[C@H]1C(=O)N[C@@H](Cc1ccc3ccccc3c1)C(=O)N[C@H](C(=O)O)Cc1ccc(cc1)OCc1cn(nn1)[C@H]1C[C@@H](C(=O)N[C@@H](Cc3ccc4ccccc4c3)C(=O)N[C@H](C(=O)NCc3cccc(-c4nnn[nH]4)c3)Cc3ccc(cc3)OCc3cn2nn3)N(C(=O)[C@@H](NC(=O)[C@H](C)NC)C(C)(C)C)C1)C(C)(C)C. The number of carboxylic acids is 1. The summed E-state index contributed by atoms with van der Waals surface area (Å²) in [5, 5.41) is 72.9. The van der Waals surface area contributed by atoms with Gasteiger partial charge in [-0.1, -0.05) is 179 Å². The largest absolute Gasteiger partial charge is 0.487 e. The van der Waals surface area contributed by atoms with Gasteiger partial charge in [-0.25, -0.2) is 19.3 Å². The van der Waals surface area contributed by atoms with Gasteiger partial charge in [-0.3, -0.25) is 43.2 Å². The van der Waals surface area contributed by atoms with Crippen LogP contribution in [0.5, 0.6) is 11.5 Å². The zero-order valence-electron chi connectivity index (χ0n) is 69.6. The van der Waals surface area contributed by atoms with Gasteiger partial charge in [-0.15, -0.1) is 15.3 Å². The van der Waals surface area contributed by atoms with Gasteiger partial charge >= 0.3 is 5.97 Å². The second kappa shape index (κ2) is 37.9. The molecule has 7 aromatic carbocycles. The zero-order chi connectivity index (χ0) is 86.7. The third-order valence-corrected chi connectivity index (χ3v) is 22.6. The minimum atomic E-state index is -1.52. The number of amides is 9. The van der Waals surface area contributed by atoms with Crippen LogP contribution in [0.2, 0.25) is 0 Å². The number of nitrogens with one attached hydrogen (secondary N) is 10. The van der Waals surface area contributed by atoms with E-state index in [9.17, 15) is 19.5 Å². The van der Waals surface area contributed by atoms with Crippen molar-refractivity contribution in [3.05, 3.63) is 209 Å². The van der Waals surface area contributed by atoms with Gasteiger partial charge in [-0.05, 0) is 129 Å². The fourth-order valence-corrected chi connectivity index (χ4v) is 15.3. The molecule has 2 fully saturated rings. The maximum absolute atomic E-state index is 15.7. The molecule has 10 aromatic rings. The second-order valence-corrected chi connectivity index (χ2v) is 33.6. The van der Waals surface area contributed by atoms with Gasteiger partial charge in [0, 0.05) is 63.7 Å². The highest BCUT2D eigenvalue weighted by atomic mass is 16.5. The fraction of sp³-hybridized carbons (Fsp3) is 0.398. The number of nitrogens with zero attached hydrogens (tertiary/aromatic N) is 11. The molecule has 2 saturated heterocycles. The van der Waals surface area contributed by atoms with E-state index in [0.717, 1.165) is 21.5 Å². The minimum Gasteiger partial charge on any atom is -0.487 e. The highest BCUT2D eigenvalue weighted by Gasteiger charge is 2.49. The third kappa shape index (κ3) is 21.2. The van der Waals surface area contributed by atoms with Gasteiger partial charge in [0.15, 0.2) is 5.82 Å². The lowest BCUT2D eigenvalue weighted by Crippen LogP contribution is -2.61. The first-order chi connectivity index (χ1) is 58.4. The minimum absolute atomic E-state index is 0.00657. The second-order valence-electron chi connectivity index (χ2n) is 33.6. The van der Waals surface area contributed by atoms with E-state index < -0.39 is 142 Å². The van der Waals surface area contributed by atoms with Gasteiger partial charge in [-0.2, -0.15) is 0 Å². The van der Waals surface area contributed by atoms with E-state index in [0.29, 0.717) is 62.1 Å². The van der Waals surface area contributed by atoms with Gasteiger partial charge in [0.05, 0.1) is 36.6 Å². The lowest BCUT2D eigenvalue weighted by Gasteiger charge is -2.36. The number of fused-ring (bicyclic) bond motifs is 2. The van der Waals surface area contributed by atoms with Crippen LogP contribution in [0.4, 0.5) is 0 Å². The number of likely N-dealkylation sites (tertiary alicyclic amines) is 2. The number of aromatic amines is 1. The smallest absolute Gasteiger partial charge is 0.326 e. The van der Waals surface area contributed by atoms with Crippen LogP contribution in [-0.4, -0.2) is 212 Å². The number of rotatable bonds is 17. The van der Waals surface area contributed by atoms with Crippen LogP contribution < -0.4 is 57.3 Å². The lowest BCUT2D eigenvalue weighted by atomic mass is 9.85. The van der Waals surface area contributed by atoms with Crippen LogP contribution >= 0.6 is 0 Å². The summed E-state index contributed by atoms with van der Waals surface area (Å²) in [6, 6.07) is 33.8. The molecule has 0 saturated carbocycles. The lowest BCUT2D eigenvalue weighted by molar-refractivity contribution is -0.145. The molecule has 6 aliphatic rings. The number of carbonyl (C=O) groups is 10. The molecule has 12 atom stereocenters. The first kappa shape index (κ1) is 86.5. The molecule has 6 aliphatic heterocycles. The van der Waals surface area contributed by atoms with Crippen molar-refractivity contribution in [3.8, 4) is 22.9 Å². The third-order valence-electron chi connectivity index (χ3n) is 22.6. The van der Waals surface area contributed by atoms with E-state index in [-0.39, 0.29) is 71.4 Å². The molecule has 0 aliphatic carbocycles. The molecule has 34 nitrogen and oxygen atoms in total. The molecule has 9 amide bonds. The highest BCUT2D eigenvalue weighted by molar-refractivity contribution is 5.99. The first-order valence-electron chi connectivity index (χ1n) is 40.7. The van der Waals surface area contributed by atoms with Crippen molar-refractivity contribution in [2.45, 2.75) is 186 Å². The Hall–Kier alpha value is -13.4. The van der Waals surface area contributed by atoms with Gasteiger partial charge in [0.1, 0.15) is 84.4 Å². The number of tetrazole rings is 1. The summed E-state index contributed by atoms with van der Waals surface area (Å²) in [7, 11) is 3.23. The van der Waals surface area contributed by atoms with Crippen molar-refractivity contribution in [1.82, 2.24) is 108 Å². The normalized spacial score (nSPS) is 20.6. The summed E-state index contributed by atoms with van der Waals surface area (Å²) in [6.45, 7) is 13.6. The zero-order valence-corrected chi connectivity index (χ0v) is 69.6. The molecular weight excluding hydrogens is 1560 g/mol. The van der Waals surface area contributed by atoms with Crippen molar-refractivity contribution in [2.24, 2.45) is 10.8 Å². The molecule has 0 spiro atoms. The van der Waals surface area contributed by atoms with Gasteiger partial charge < -0.3 is 72.2 Å². The van der Waals surface area contributed by atoms with Crippen molar-refractivity contribution in [1.29, 1.82) is 0 Å². The van der Waals surface area contributed by atoms with E-state index in [1.807, 2.05) is 97.1 Å². The van der Waals surface area contributed by atoms with Crippen LogP contribution in [0, 0.1) is 10.8 Å². The summed E-state index contributed by atoms with van der Waals surface area (Å²) in [4.78, 5) is 151. The molecule has 0 unspecified atom stereocenters.